The second kappa shape index (κ2) is 4.62. The average Bonchev–Trinajstić information content (AvgIpc) is 2.54. The Morgan fingerprint density at radius 3 is 2.45 bits per heavy atom. The summed E-state index contributed by atoms with van der Waals surface area (Å²) in [6.07, 6.45) is -4.72. The molecule has 5 nitrogen and oxygen atoms in total. The second-order valence-corrected chi connectivity index (χ2v) is 4.77. The number of amides is 2. The van der Waals surface area contributed by atoms with Crippen molar-refractivity contribution in [3.63, 3.8) is 0 Å². The molecule has 1 saturated heterocycles. The Morgan fingerprint density at radius 1 is 1.40 bits per heavy atom. The molecule has 1 aromatic rings. The van der Waals surface area contributed by atoms with E-state index >= 15 is 0 Å². The largest absolute Gasteiger partial charge is 0.416 e. The van der Waals surface area contributed by atoms with Gasteiger partial charge in [0.05, 0.1) is 11.6 Å². The highest BCUT2D eigenvalue weighted by Crippen LogP contribution is 2.35. The first kappa shape index (κ1) is 14.6. The molecule has 2 rings (SSSR count). The lowest BCUT2D eigenvalue weighted by molar-refractivity contribution is -0.138. The predicted octanol–water partition coefficient (Wildman–Crippen LogP) is 1.99. The molecular formula is C12H14F3N3O2. The van der Waals surface area contributed by atoms with E-state index in [0.29, 0.717) is 0 Å². The predicted molar refractivity (Wildman–Crippen MR) is 65.1 cm³/mol. The van der Waals surface area contributed by atoms with Gasteiger partial charge >= 0.3 is 12.2 Å². The minimum Gasteiger partial charge on any atom is -0.371 e. The van der Waals surface area contributed by atoms with Gasteiger partial charge in [0.15, 0.2) is 6.23 Å². The number of hydrogen-bond acceptors (Lipinski definition) is 3. The molecule has 110 valence electrons. The maximum absolute atomic E-state index is 12.9. The van der Waals surface area contributed by atoms with Crippen LogP contribution in [0.2, 0.25) is 0 Å². The van der Waals surface area contributed by atoms with Gasteiger partial charge in [-0.15, -0.1) is 0 Å². The van der Waals surface area contributed by atoms with Crippen molar-refractivity contribution in [2.75, 3.05) is 11.9 Å². The van der Waals surface area contributed by atoms with E-state index in [1.165, 1.54) is 18.9 Å². The van der Waals surface area contributed by atoms with Gasteiger partial charge in [-0.3, -0.25) is 0 Å². The number of urea groups is 1. The molecule has 1 aliphatic heterocycles. The fraction of sp³-hybridized carbons (Fsp3) is 0.500. The molecular weight excluding hydrogens is 275 g/mol. The molecule has 0 radical (unpaired) electrons. The number of alkyl halides is 3. The number of aliphatic hydroxyl groups excluding tert-OH is 1. The van der Waals surface area contributed by atoms with Crippen molar-refractivity contribution in [3.8, 4) is 0 Å². The third kappa shape index (κ3) is 2.20. The fourth-order valence-electron chi connectivity index (χ4n) is 2.06. The SMILES string of the molecule is Cc1cnc(N2C(=O)N(C)C(C)C2O)cc1C(F)(F)F. The molecule has 8 heteroatoms. The third-order valence-electron chi connectivity index (χ3n) is 3.46. The van der Waals surface area contributed by atoms with Crippen molar-refractivity contribution in [2.24, 2.45) is 0 Å². The molecule has 20 heavy (non-hydrogen) atoms. The van der Waals surface area contributed by atoms with E-state index in [4.69, 9.17) is 0 Å². The van der Waals surface area contributed by atoms with E-state index in [2.05, 4.69) is 4.98 Å². The highest BCUT2D eigenvalue weighted by Gasteiger charge is 2.43. The van der Waals surface area contributed by atoms with Gasteiger partial charge in [0.2, 0.25) is 0 Å². The van der Waals surface area contributed by atoms with Crippen LogP contribution < -0.4 is 4.90 Å². The number of anilines is 1. The summed E-state index contributed by atoms with van der Waals surface area (Å²) in [5.41, 5.74) is -0.909. The molecule has 1 fully saturated rings. The number of carbonyl (C=O) groups excluding carboxylic acids is 1. The minimum absolute atomic E-state index is 0.0382. The summed E-state index contributed by atoms with van der Waals surface area (Å²) >= 11 is 0. The second-order valence-electron chi connectivity index (χ2n) is 4.77. The van der Waals surface area contributed by atoms with Gasteiger partial charge in [0.25, 0.3) is 0 Å². The zero-order chi connectivity index (χ0) is 15.2. The van der Waals surface area contributed by atoms with Crippen LogP contribution >= 0.6 is 0 Å². The molecule has 0 aliphatic carbocycles. The highest BCUT2D eigenvalue weighted by molar-refractivity contribution is 5.94. The molecule has 2 unspecified atom stereocenters. The van der Waals surface area contributed by atoms with Gasteiger partial charge in [-0.25, -0.2) is 14.7 Å². The van der Waals surface area contributed by atoms with Crippen LogP contribution in [0.1, 0.15) is 18.1 Å². The number of aryl methyl sites for hydroxylation is 1. The van der Waals surface area contributed by atoms with Gasteiger partial charge < -0.3 is 10.0 Å². The summed E-state index contributed by atoms with van der Waals surface area (Å²) in [7, 11) is 1.47. The van der Waals surface area contributed by atoms with Crippen LogP contribution in [0.3, 0.4) is 0 Å². The van der Waals surface area contributed by atoms with E-state index in [1.54, 1.807) is 6.92 Å². The first-order valence-electron chi connectivity index (χ1n) is 5.92. The summed E-state index contributed by atoms with van der Waals surface area (Å²) in [4.78, 5) is 17.9. The van der Waals surface area contributed by atoms with Gasteiger partial charge in [0, 0.05) is 13.2 Å². The summed E-state index contributed by atoms with van der Waals surface area (Å²) < 4.78 is 38.6. The zero-order valence-corrected chi connectivity index (χ0v) is 11.1. The summed E-state index contributed by atoms with van der Waals surface area (Å²) in [6.45, 7) is 2.89. The number of carbonyl (C=O) groups is 1. The summed E-state index contributed by atoms with van der Waals surface area (Å²) in [6, 6.07) is -0.336. The third-order valence-corrected chi connectivity index (χ3v) is 3.46. The maximum Gasteiger partial charge on any atom is 0.416 e. The van der Waals surface area contributed by atoms with E-state index in [1.807, 2.05) is 0 Å². The highest BCUT2D eigenvalue weighted by atomic mass is 19.4. The molecule has 0 spiro atoms. The average molecular weight is 289 g/mol. The maximum atomic E-state index is 12.9. The smallest absolute Gasteiger partial charge is 0.371 e. The van der Waals surface area contributed by atoms with Crippen LogP contribution in [0.4, 0.5) is 23.8 Å². The van der Waals surface area contributed by atoms with Gasteiger partial charge in [-0.1, -0.05) is 0 Å². The number of nitrogens with zero attached hydrogens (tertiary/aromatic N) is 3. The van der Waals surface area contributed by atoms with Crippen molar-refractivity contribution in [1.29, 1.82) is 0 Å². The quantitative estimate of drug-likeness (QED) is 0.860. The molecule has 1 aromatic heterocycles. The number of halogens is 3. The zero-order valence-electron chi connectivity index (χ0n) is 11.1. The Hall–Kier alpha value is -1.83. The Labute approximate surface area is 113 Å². The molecule has 1 aliphatic rings. The van der Waals surface area contributed by atoms with Crippen LogP contribution in [-0.2, 0) is 6.18 Å². The number of rotatable bonds is 1. The van der Waals surface area contributed by atoms with Crippen LogP contribution in [0, 0.1) is 6.92 Å². The molecule has 0 bridgehead atoms. The molecule has 2 amide bonds. The van der Waals surface area contributed by atoms with Crippen LogP contribution in [0.25, 0.3) is 0 Å². The summed E-state index contributed by atoms with van der Waals surface area (Å²) in [5.74, 6) is -0.211. The number of hydrogen-bond donors (Lipinski definition) is 1. The van der Waals surface area contributed by atoms with Crippen molar-refractivity contribution in [2.45, 2.75) is 32.3 Å². The van der Waals surface area contributed by atoms with E-state index in [0.717, 1.165) is 17.2 Å². The minimum atomic E-state index is -4.53. The van der Waals surface area contributed by atoms with Crippen molar-refractivity contribution < 1.29 is 23.1 Å². The van der Waals surface area contributed by atoms with Gasteiger partial charge in [-0.2, -0.15) is 13.2 Å². The van der Waals surface area contributed by atoms with E-state index in [-0.39, 0.29) is 11.4 Å². The van der Waals surface area contributed by atoms with Crippen LogP contribution in [-0.4, -0.2) is 40.3 Å². The normalized spacial score (nSPS) is 23.6. The first-order valence-corrected chi connectivity index (χ1v) is 5.92. The first-order chi connectivity index (χ1) is 9.14. The van der Waals surface area contributed by atoms with Crippen LogP contribution in [0.5, 0.6) is 0 Å². The lowest BCUT2D eigenvalue weighted by Crippen LogP contribution is -2.36. The number of pyridine rings is 1. The standard InChI is InChI=1S/C12H14F3N3O2/c1-6-5-16-9(4-8(6)12(13,14)15)18-10(19)7(2)17(3)11(18)20/h4-5,7,10,19H,1-3H3. The van der Waals surface area contributed by atoms with Crippen LogP contribution in [0.15, 0.2) is 12.3 Å². The molecule has 2 heterocycles. The van der Waals surface area contributed by atoms with Crippen molar-refractivity contribution in [1.82, 2.24) is 9.88 Å². The number of aromatic nitrogens is 1. The van der Waals surface area contributed by atoms with Crippen molar-refractivity contribution >= 4 is 11.8 Å². The lowest BCUT2D eigenvalue weighted by Gasteiger charge is -2.20. The molecule has 0 saturated carbocycles. The lowest BCUT2D eigenvalue weighted by atomic mass is 10.1. The number of likely N-dealkylation sites (N-methyl/N-ethyl adjacent to an activating group) is 1. The van der Waals surface area contributed by atoms with E-state index in [9.17, 15) is 23.1 Å². The Kier molecular flexibility index (Phi) is 3.37. The van der Waals surface area contributed by atoms with E-state index < -0.39 is 30.0 Å². The fourth-order valence-corrected chi connectivity index (χ4v) is 2.06. The monoisotopic (exact) mass is 289 g/mol. The van der Waals surface area contributed by atoms with Crippen molar-refractivity contribution in [3.05, 3.63) is 23.4 Å². The summed E-state index contributed by atoms with van der Waals surface area (Å²) in [5, 5.41) is 9.96. The van der Waals surface area contributed by atoms with Gasteiger partial charge in [0.1, 0.15) is 5.82 Å². The molecule has 0 aromatic carbocycles. The Bertz CT molecular complexity index is 547. The Morgan fingerprint density at radius 2 is 2.00 bits per heavy atom. The number of aliphatic hydroxyl groups is 1. The van der Waals surface area contributed by atoms with Gasteiger partial charge in [-0.05, 0) is 25.5 Å². The molecule has 2 atom stereocenters. The Balaban J connectivity index is 2.47. The topological polar surface area (TPSA) is 56.7 Å². The molecule has 1 N–H and O–H groups in total.